The van der Waals surface area contributed by atoms with E-state index in [2.05, 4.69) is 32.9 Å². The number of carbonyl (C=O) groups is 1. The number of ether oxygens (including phenoxy) is 3. The van der Waals surface area contributed by atoms with Crippen LogP contribution >= 0.6 is 0 Å². The monoisotopic (exact) mass is 414 g/mol. The Morgan fingerprint density at radius 1 is 1.10 bits per heavy atom. The second kappa shape index (κ2) is 6.60. The van der Waals surface area contributed by atoms with Crippen LogP contribution in [0.4, 0.5) is 0 Å². The highest BCUT2D eigenvalue weighted by atomic mass is 16.7. The van der Waals surface area contributed by atoms with Gasteiger partial charge < -0.3 is 14.2 Å². The Labute approximate surface area is 181 Å². The smallest absolute Gasteiger partial charge is 0.341 e. The number of esters is 1. The molecule has 1 saturated heterocycles. The number of carbonyl (C=O) groups excluding carboxylic acids is 1. The molecule has 4 aliphatic carbocycles. The molecule has 4 heteroatoms. The molecule has 1 spiro atoms. The van der Waals surface area contributed by atoms with E-state index in [-0.39, 0.29) is 22.4 Å². The fourth-order valence-corrected chi connectivity index (χ4v) is 8.35. The maximum Gasteiger partial charge on any atom is 0.341 e. The first-order valence-corrected chi connectivity index (χ1v) is 12.2. The van der Waals surface area contributed by atoms with E-state index in [4.69, 9.17) is 14.2 Å². The Morgan fingerprint density at radius 3 is 2.60 bits per heavy atom. The lowest BCUT2D eigenvalue weighted by molar-refractivity contribution is -0.149. The molecular weight excluding hydrogens is 376 g/mol. The Balaban J connectivity index is 1.43. The number of fused-ring (bicyclic) bond motifs is 6. The van der Waals surface area contributed by atoms with Crippen molar-refractivity contribution < 1.29 is 19.0 Å². The van der Waals surface area contributed by atoms with Crippen LogP contribution in [0.2, 0.25) is 0 Å². The van der Waals surface area contributed by atoms with Crippen molar-refractivity contribution in [1.82, 2.24) is 0 Å². The van der Waals surface area contributed by atoms with Crippen LogP contribution in [0.15, 0.2) is 23.5 Å². The highest BCUT2D eigenvalue weighted by molar-refractivity contribution is 5.85. The van der Waals surface area contributed by atoms with Gasteiger partial charge in [-0.15, -0.1) is 0 Å². The van der Waals surface area contributed by atoms with Crippen molar-refractivity contribution in [2.45, 2.75) is 90.8 Å². The van der Waals surface area contributed by atoms with Gasteiger partial charge >= 0.3 is 5.97 Å². The number of epoxide rings is 1. The molecule has 1 aliphatic heterocycles. The summed E-state index contributed by atoms with van der Waals surface area (Å²) < 4.78 is 17.6. The topological polar surface area (TPSA) is 48.1 Å². The summed E-state index contributed by atoms with van der Waals surface area (Å²) in [4.78, 5) is 12.7. The predicted molar refractivity (Wildman–Crippen MR) is 116 cm³/mol. The molecule has 0 aromatic rings. The van der Waals surface area contributed by atoms with Gasteiger partial charge in [-0.3, -0.25) is 0 Å². The molecule has 166 valence electrons. The van der Waals surface area contributed by atoms with Crippen LogP contribution in [-0.4, -0.2) is 30.4 Å². The summed E-state index contributed by atoms with van der Waals surface area (Å²) in [5, 5.41) is 0. The predicted octanol–water partition coefficient (Wildman–Crippen LogP) is 5.57. The number of rotatable bonds is 4. The van der Waals surface area contributed by atoms with E-state index in [0.717, 1.165) is 44.0 Å². The number of hydrogen-bond acceptors (Lipinski definition) is 4. The van der Waals surface area contributed by atoms with E-state index in [9.17, 15) is 4.79 Å². The van der Waals surface area contributed by atoms with Gasteiger partial charge in [0.25, 0.3) is 0 Å². The van der Waals surface area contributed by atoms with Gasteiger partial charge in [0.15, 0.2) is 5.60 Å². The van der Waals surface area contributed by atoms with Crippen molar-refractivity contribution in [2.75, 3.05) is 13.2 Å². The highest BCUT2D eigenvalue weighted by Crippen LogP contribution is 2.75. The molecule has 0 N–H and O–H groups in total. The Kier molecular flexibility index (Phi) is 4.54. The molecule has 0 bridgehead atoms. The lowest BCUT2D eigenvalue weighted by atomic mass is 9.47. The maximum atomic E-state index is 12.7. The van der Waals surface area contributed by atoms with Crippen molar-refractivity contribution in [3.63, 3.8) is 0 Å². The molecule has 30 heavy (non-hydrogen) atoms. The minimum atomic E-state index is -0.751. The molecular formula is C26H38O4. The third-order valence-corrected chi connectivity index (χ3v) is 9.95. The van der Waals surface area contributed by atoms with E-state index in [1.54, 1.807) is 0 Å². The van der Waals surface area contributed by atoms with E-state index < -0.39 is 5.60 Å². The van der Waals surface area contributed by atoms with E-state index >= 15 is 0 Å². The Hall–Kier alpha value is -1.29. The molecule has 0 aromatic heterocycles. The molecule has 3 fully saturated rings. The fraction of sp³-hybridized carbons (Fsp3) is 0.808. The van der Waals surface area contributed by atoms with Crippen LogP contribution in [0.5, 0.6) is 0 Å². The first-order valence-electron chi connectivity index (χ1n) is 12.2. The molecule has 2 saturated carbocycles. The van der Waals surface area contributed by atoms with Gasteiger partial charge in [0.05, 0.1) is 19.0 Å². The van der Waals surface area contributed by atoms with Gasteiger partial charge in [-0.05, 0) is 94.1 Å². The van der Waals surface area contributed by atoms with Gasteiger partial charge in [0, 0.05) is 11.8 Å². The van der Waals surface area contributed by atoms with Crippen LogP contribution in [0, 0.1) is 28.6 Å². The Morgan fingerprint density at radius 2 is 1.87 bits per heavy atom. The Bertz CT molecular complexity index is 814. The van der Waals surface area contributed by atoms with E-state index in [0.29, 0.717) is 18.4 Å². The molecule has 5 rings (SSSR count). The molecule has 0 radical (unpaired) electrons. The minimum absolute atomic E-state index is 0.0678. The normalized spacial score (nSPS) is 48.8. The summed E-state index contributed by atoms with van der Waals surface area (Å²) in [5.41, 5.74) is 0.766. The van der Waals surface area contributed by atoms with Crippen molar-refractivity contribution in [2.24, 2.45) is 28.6 Å². The molecule has 0 aromatic carbocycles. The summed E-state index contributed by atoms with van der Waals surface area (Å²) in [7, 11) is 0. The van der Waals surface area contributed by atoms with Crippen molar-refractivity contribution in [1.29, 1.82) is 0 Å². The van der Waals surface area contributed by atoms with Crippen LogP contribution < -0.4 is 0 Å². The summed E-state index contributed by atoms with van der Waals surface area (Å²) in [6, 6.07) is 0. The van der Waals surface area contributed by atoms with Gasteiger partial charge in [-0.25, -0.2) is 4.79 Å². The number of allylic oxidation sites excluding steroid dienone is 4. The third-order valence-electron chi connectivity index (χ3n) is 9.95. The summed E-state index contributed by atoms with van der Waals surface area (Å²) >= 11 is 0. The molecule has 0 amide bonds. The van der Waals surface area contributed by atoms with Crippen molar-refractivity contribution >= 4 is 5.97 Å². The highest BCUT2D eigenvalue weighted by Gasteiger charge is 2.83. The van der Waals surface area contributed by atoms with Gasteiger partial charge in [0.1, 0.15) is 5.60 Å². The first-order chi connectivity index (χ1) is 14.3. The maximum absolute atomic E-state index is 12.7. The van der Waals surface area contributed by atoms with Crippen molar-refractivity contribution in [3.05, 3.63) is 23.5 Å². The SMILES string of the molecule is CCOC(=O)C1(C)OC12CCC1C3CC=C4C=C(OCC)CCC4(C)C3CCC12C. The molecule has 4 nitrogen and oxygen atoms in total. The average Bonchev–Trinajstić information content (AvgIpc) is 3.24. The van der Waals surface area contributed by atoms with Crippen molar-refractivity contribution in [3.8, 4) is 0 Å². The van der Waals surface area contributed by atoms with Gasteiger partial charge in [-0.2, -0.15) is 0 Å². The van der Waals surface area contributed by atoms with Gasteiger partial charge in [0.2, 0.25) is 0 Å². The second-order valence-electron chi connectivity index (χ2n) is 10.9. The lowest BCUT2D eigenvalue weighted by Crippen LogP contribution is -2.52. The summed E-state index contributed by atoms with van der Waals surface area (Å²) in [6.07, 6.45) is 12.8. The molecule has 7 atom stereocenters. The molecule has 1 heterocycles. The zero-order chi connectivity index (χ0) is 21.4. The van der Waals surface area contributed by atoms with Crippen LogP contribution in [0.3, 0.4) is 0 Å². The largest absolute Gasteiger partial charge is 0.498 e. The first kappa shape index (κ1) is 20.6. The molecule has 7 unspecified atom stereocenters. The van der Waals surface area contributed by atoms with Crippen LogP contribution in [0.25, 0.3) is 0 Å². The lowest BCUT2D eigenvalue weighted by Gasteiger charge is -2.56. The van der Waals surface area contributed by atoms with Gasteiger partial charge in [-0.1, -0.05) is 19.9 Å². The zero-order valence-corrected chi connectivity index (χ0v) is 19.4. The molecule has 5 aliphatic rings. The average molecular weight is 415 g/mol. The summed E-state index contributed by atoms with van der Waals surface area (Å²) in [6.45, 7) is 12.0. The second-order valence-corrected chi connectivity index (χ2v) is 10.9. The zero-order valence-electron chi connectivity index (χ0n) is 19.4. The van der Waals surface area contributed by atoms with Crippen LogP contribution in [0.1, 0.15) is 79.6 Å². The van der Waals surface area contributed by atoms with Crippen LogP contribution in [-0.2, 0) is 19.0 Å². The minimum Gasteiger partial charge on any atom is -0.498 e. The third kappa shape index (κ3) is 2.40. The standard InChI is InChI=1S/C26H38O4/c1-6-28-18-10-13-23(3)17(16-18)8-9-19-20(23)11-14-24(4)21(19)12-15-26(24)25(5,30-26)22(27)29-7-2/h8,16,19-21H,6-7,9-15H2,1-5H3. The quantitative estimate of drug-likeness (QED) is 0.446. The number of hydrogen-bond donors (Lipinski definition) is 0. The summed E-state index contributed by atoms with van der Waals surface area (Å²) in [5.74, 6) is 3.04. The van der Waals surface area contributed by atoms with E-state index in [1.807, 2.05) is 13.8 Å². The van der Waals surface area contributed by atoms with E-state index in [1.165, 1.54) is 24.8 Å². The fourth-order valence-electron chi connectivity index (χ4n) is 8.35.